The monoisotopic (exact) mass is 295 g/mol. The summed E-state index contributed by atoms with van der Waals surface area (Å²) in [5.74, 6) is 0.0786. The van der Waals surface area contributed by atoms with Crippen molar-refractivity contribution in [2.24, 2.45) is 0 Å². The minimum atomic E-state index is -3.36. The number of alkyl halides is 1. The van der Waals surface area contributed by atoms with E-state index in [-0.39, 0.29) is 12.4 Å². The third-order valence-corrected chi connectivity index (χ3v) is 5.71. The molecule has 1 aromatic rings. The van der Waals surface area contributed by atoms with Crippen molar-refractivity contribution in [1.82, 2.24) is 4.31 Å². The topological polar surface area (TPSA) is 37.4 Å². The fourth-order valence-electron chi connectivity index (χ4n) is 1.34. The van der Waals surface area contributed by atoms with Gasteiger partial charge in [0.2, 0.25) is 10.0 Å². The van der Waals surface area contributed by atoms with E-state index in [0.717, 1.165) is 5.56 Å². The van der Waals surface area contributed by atoms with Crippen LogP contribution in [0.5, 0.6) is 0 Å². The highest BCUT2D eigenvalue weighted by atomic mass is 35.5. The van der Waals surface area contributed by atoms with Gasteiger partial charge in [0.25, 0.3) is 0 Å². The summed E-state index contributed by atoms with van der Waals surface area (Å²) in [5.41, 5.74) is 0.780. The third-order valence-electron chi connectivity index (χ3n) is 2.51. The molecule has 0 N–H and O–H groups in total. The maximum absolute atomic E-state index is 12.0. The van der Waals surface area contributed by atoms with Crippen molar-refractivity contribution in [3.63, 3.8) is 0 Å². The number of sulfonamides is 1. The van der Waals surface area contributed by atoms with Crippen LogP contribution in [0.2, 0.25) is 5.02 Å². The number of nitrogens with zero attached hydrogens (tertiary/aromatic N) is 1. The molecule has 6 heteroatoms. The van der Waals surface area contributed by atoms with E-state index < -0.39 is 15.3 Å². The van der Waals surface area contributed by atoms with Crippen molar-refractivity contribution < 1.29 is 8.42 Å². The average molecular weight is 296 g/mol. The van der Waals surface area contributed by atoms with E-state index in [0.29, 0.717) is 5.02 Å². The van der Waals surface area contributed by atoms with Crippen molar-refractivity contribution in [3.8, 4) is 0 Å². The minimum Gasteiger partial charge on any atom is -0.212 e. The molecule has 0 saturated heterocycles. The van der Waals surface area contributed by atoms with Crippen LogP contribution in [-0.4, -0.2) is 30.9 Å². The van der Waals surface area contributed by atoms with Crippen molar-refractivity contribution in [1.29, 1.82) is 0 Å². The molecule has 0 aliphatic heterocycles. The average Bonchev–Trinajstić information content (AvgIpc) is 2.30. The van der Waals surface area contributed by atoms with Gasteiger partial charge in [0.05, 0.1) is 5.25 Å². The van der Waals surface area contributed by atoms with Gasteiger partial charge >= 0.3 is 0 Å². The molecule has 0 aliphatic carbocycles. The number of benzene rings is 1. The Labute approximate surface area is 112 Å². The van der Waals surface area contributed by atoms with Crippen LogP contribution in [-0.2, 0) is 16.6 Å². The lowest BCUT2D eigenvalue weighted by Gasteiger charge is -2.21. The first-order valence-electron chi connectivity index (χ1n) is 5.14. The van der Waals surface area contributed by atoms with Crippen LogP contribution in [0.4, 0.5) is 0 Å². The molecule has 0 heterocycles. The highest BCUT2D eigenvalue weighted by Gasteiger charge is 2.25. The Balaban J connectivity index is 2.87. The minimum absolute atomic E-state index is 0.0786. The summed E-state index contributed by atoms with van der Waals surface area (Å²) in [6, 6.07) is 7.18. The lowest BCUT2D eigenvalue weighted by atomic mass is 10.2. The zero-order chi connectivity index (χ0) is 13.1. The molecule has 0 aliphatic rings. The van der Waals surface area contributed by atoms with Crippen LogP contribution >= 0.6 is 23.2 Å². The maximum atomic E-state index is 12.0. The van der Waals surface area contributed by atoms with Gasteiger partial charge in [-0.1, -0.05) is 29.8 Å². The third kappa shape index (κ3) is 3.58. The summed E-state index contributed by atoms with van der Waals surface area (Å²) in [5, 5.41) is -0.0373. The van der Waals surface area contributed by atoms with E-state index in [4.69, 9.17) is 23.2 Å². The van der Waals surface area contributed by atoms with E-state index in [1.165, 1.54) is 11.4 Å². The Morgan fingerprint density at radius 3 is 2.47 bits per heavy atom. The molecule has 0 aromatic heterocycles. The highest BCUT2D eigenvalue weighted by Crippen LogP contribution is 2.19. The number of hydrogen-bond donors (Lipinski definition) is 0. The highest BCUT2D eigenvalue weighted by molar-refractivity contribution is 7.89. The van der Waals surface area contributed by atoms with Crippen molar-refractivity contribution in [3.05, 3.63) is 34.9 Å². The van der Waals surface area contributed by atoms with E-state index in [2.05, 4.69) is 0 Å². The summed E-state index contributed by atoms with van der Waals surface area (Å²) in [4.78, 5) is 0. The van der Waals surface area contributed by atoms with E-state index in [1.54, 1.807) is 19.1 Å². The van der Waals surface area contributed by atoms with Crippen LogP contribution in [0.1, 0.15) is 12.5 Å². The van der Waals surface area contributed by atoms with Crippen molar-refractivity contribution >= 4 is 33.2 Å². The van der Waals surface area contributed by atoms with Crippen LogP contribution in [0, 0.1) is 0 Å². The number of hydrogen-bond acceptors (Lipinski definition) is 2. The van der Waals surface area contributed by atoms with Crippen molar-refractivity contribution in [2.45, 2.75) is 18.7 Å². The van der Waals surface area contributed by atoms with Gasteiger partial charge in [-0.15, -0.1) is 11.6 Å². The summed E-state index contributed by atoms with van der Waals surface area (Å²) in [6.07, 6.45) is 0. The van der Waals surface area contributed by atoms with Crippen LogP contribution < -0.4 is 0 Å². The molecule has 96 valence electrons. The van der Waals surface area contributed by atoms with Crippen LogP contribution in [0.3, 0.4) is 0 Å². The van der Waals surface area contributed by atoms with E-state index >= 15 is 0 Å². The summed E-state index contributed by atoms with van der Waals surface area (Å²) >= 11 is 11.6. The first-order valence-corrected chi connectivity index (χ1v) is 7.55. The van der Waals surface area contributed by atoms with Crippen LogP contribution in [0.25, 0.3) is 0 Å². The fraction of sp³-hybridized carbons (Fsp3) is 0.455. The Kier molecular flexibility index (Phi) is 5.25. The van der Waals surface area contributed by atoms with E-state index in [9.17, 15) is 8.42 Å². The Bertz CT molecular complexity index is 476. The normalized spacial score (nSPS) is 13.9. The first kappa shape index (κ1) is 14.8. The lowest BCUT2D eigenvalue weighted by molar-refractivity contribution is 0.460. The van der Waals surface area contributed by atoms with E-state index in [1.807, 2.05) is 12.1 Å². The van der Waals surface area contributed by atoms with Gasteiger partial charge in [0, 0.05) is 24.5 Å². The molecule has 1 rings (SSSR count). The predicted octanol–water partition coefficient (Wildman–Crippen LogP) is 2.73. The number of halogens is 2. The van der Waals surface area contributed by atoms with Crippen molar-refractivity contribution in [2.75, 3.05) is 12.9 Å². The quantitative estimate of drug-likeness (QED) is 0.783. The van der Waals surface area contributed by atoms with Gasteiger partial charge in [-0.3, -0.25) is 0 Å². The zero-order valence-corrected chi connectivity index (χ0v) is 12.1. The van der Waals surface area contributed by atoms with Gasteiger partial charge in [0.15, 0.2) is 0 Å². The van der Waals surface area contributed by atoms with Gasteiger partial charge < -0.3 is 0 Å². The summed E-state index contributed by atoms with van der Waals surface area (Å²) in [6.45, 7) is 1.84. The zero-order valence-electron chi connectivity index (χ0n) is 9.73. The molecule has 0 saturated carbocycles. The molecule has 0 fully saturated rings. The molecule has 3 nitrogen and oxygen atoms in total. The number of rotatable bonds is 5. The fourth-order valence-corrected chi connectivity index (χ4v) is 3.11. The summed E-state index contributed by atoms with van der Waals surface area (Å²) in [7, 11) is -1.83. The standard InChI is InChI=1S/C11H15Cl2NO2S/c1-9(7-12)17(15,16)14(2)8-10-5-3-4-6-11(10)13/h3-6,9H,7-8H2,1-2H3. The molecule has 17 heavy (non-hydrogen) atoms. The first-order chi connectivity index (χ1) is 7.89. The van der Waals surface area contributed by atoms with Gasteiger partial charge in [-0.05, 0) is 18.6 Å². The Morgan fingerprint density at radius 1 is 1.35 bits per heavy atom. The second-order valence-corrected chi connectivity index (χ2v) is 7.03. The second-order valence-electron chi connectivity index (χ2n) is 3.86. The van der Waals surface area contributed by atoms with Gasteiger partial charge in [-0.25, -0.2) is 12.7 Å². The summed E-state index contributed by atoms with van der Waals surface area (Å²) < 4.78 is 25.2. The molecule has 0 amide bonds. The molecule has 0 bridgehead atoms. The Hall–Kier alpha value is -0.290. The van der Waals surface area contributed by atoms with Gasteiger partial charge in [-0.2, -0.15) is 0 Å². The predicted molar refractivity (Wildman–Crippen MR) is 72.0 cm³/mol. The lowest BCUT2D eigenvalue weighted by Crippen LogP contribution is -2.35. The Morgan fingerprint density at radius 2 is 1.94 bits per heavy atom. The maximum Gasteiger partial charge on any atom is 0.217 e. The largest absolute Gasteiger partial charge is 0.217 e. The molecular weight excluding hydrogens is 281 g/mol. The second kappa shape index (κ2) is 6.05. The molecule has 1 atom stereocenters. The molecular formula is C11H15Cl2NO2S. The van der Waals surface area contributed by atoms with Gasteiger partial charge in [0.1, 0.15) is 0 Å². The van der Waals surface area contributed by atoms with Crippen LogP contribution in [0.15, 0.2) is 24.3 Å². The SMILES string of the molecule is CC(CCl)S(=O)(=O)N(C)Cc1ccccc1Cl. The molecule has 1 aromatic carbocycles. The smallest absolute Gasteiger partial charge is 0.212 e. The molecule has 0 spiro atoms. The molecule has 0 radical (unpaired) electrons. The molecule has 1 unspecified atom stereocenters.